The van der Waals surface area contributed by atoms with E-state index >= 15 is 0 Å². The molecule has 0 saturated heterocycles. The highest BCUT2D eigenvalue weighted by molar-refractivity contribution is 9.10. The van der Waals surface area contributed by atoms with Crippen molar-refractivity contribution >= 4 is 27.5 Å². The molecule has 0 atom stereocenters. The third kappa shape index (κ3) is 2.63. The highest BCUT2D eigenvalue weighted by atomic mass is 79.9. The molecular weight excluding hydrogens is 314 g/mol. The summed E-state index contributed by atoms with van der Waals surface area (Å²) in [5.41, 5.74) is 3.08. The highest BCUT2D eigenvalue weighted by Gasteiger charge is 2.21. The van der Waals surface area contributed by atoms with Gasteiger partial charge in [0.1, 0.15) is 0 Å². The second-order valence-electron chi connectivity index (χ2n) is 5.05. The lowest BCUT2D eigenvalue weighted by molar-refractivity contribution is 0.0987. The van der Waals surface area contributed by atoms with Gasteiger partial charge < -0.3 is 4.90 Å². The summed E-state index contributed by atoms with van der Waals surface area (Å²) in [5.74, 6) is 0.0897. The van der Waals surface area contributed by atoms with Crippen LogP contribution in [0.5, 0.6) is 0 Å². The minimum absolute atomic E-state index is 0.0897. The molecule has 0 fully saturated rings. The monoisotopic (exact) mass is 329 g/mol. The largest absolute Gasteiger partial charge is 0.308 e. The molecule has 1 heterocycles. The molecule has 2 nitrogen and oxygen atoms in total. The normalized spacial score (nSPS) is 14.6. The highest BCUT2D eigenvalue weighted by Crippen LogP contribution is 2.27. The molecule has 2 aromatic rings. The fourth-order valence-electron chi connectivity index (χ4n) is 2.65. The first-order valence-electron chi connectivity index (χ1n) is 6.91. The average molecular weight is 330 g/mol. The first-order valence-corrected chi connectivity index (χ1v) is 7.70. The van der Waals surface area contributed by atoms with E-state index in [1.54, 1.807) is 0 Å². The number of aryl methyl sites for hydroxylation is 1. The van der Waals surface area contributed by atoms with Gasteiger partial charge in [0.15, 0.2) is 0 Å². The van der Waals surface area contributed by atoms with Crippen molar-refractivity contribution in [1.29, 1.82) is 0 Å². The van der Waals surface area contributed by atoms with Crippen molar-refractivity contribution < 1.29 is 4.79 Å². The van der Waals surface area contributed by atoms with Gasteiger partial charge in [-0.1, -0.05) is 34.1 Å². The van der Waals surface area contributed by atoms with Crippen molar-refractivity contribution in [3.05, 3.63) is 64.1 Å². The predicted octanol–water partition coefficient (Wildman–Crippen LogP) is 4.43. The maximum absolute atomic E-state index is 12.7. The molecule has 1 amide bonds. The van der Waals surface area contributed by atoms with Crippen LogP contribution in [0, 0.1) is 0 Å². The van der Waals surface area contributed by atoms with Crippen LogP contribution in [-0.4, -0.2) is 12.5 Å². The van der Waals surface area contributed by atoms with Crippen molar-refractivity contribution in [2.75, 3.05) is 11.4 Å². The molecular formula is C17H16BrNO. The van der Waals surface area contributed by atoms with Gasteiger partial charge in [-0.3, -0.25) is 4.79 Å². The van der Waals surface area contributed by atoms with Crippen molar-refractivity contribution in [3.8, 4) is 0 Å². The number of amides is 1. The second kappa shape index (κ2) is 5.80. The first kappa shape index (κ1) is 13.4. The predicted molar refractivity (Wildman–Crippen MR) is 85.2 cm³/mol. The Labute approximate surface area is 127 Å². The van der Waals surface area contributed by atoms with E-state index in [1.807, 2.05) is 41.3 Å². The van der Waals surface area contributed by atoms with Crippen molar-refractivity contribution in [2.24, 2.45) is 0 Å². The molecule has 20 heavy (non-hydrogen) atoms. The van der Waals surface area contributed by atoms with E-state index in [-0.39, 0.29) is 5.91 Å². The number of carbonyl (C=O) groups excluding carboxylic acids is 1. The average Bonchev–Trinajstić information content (AvgIpc) is 2.69. The smallest absolute Gasteiger partial charge is 0.258 e. The van der Waals surface area contributed by atoms with Gasteiger partial charge in [0.25, 0.3) is 5.91 Å². The minimum atomic E-state index is 0.0897. The number of nitrogens with zero attached hydrogens (tertiary/aromatic N) is 1. The number of halogens is 1. The van der Waals surface area contributed by atoms with E-state index in [0.29, 0.717) is 0 Å². The van der Waals surface area contributed by atoms with Crippen molar-refractivity contribution in [3.63, 3.8) is 0 Å². The Morgan fingerprint density at radius 3 is 2.55 bits per heavy atom. The Morgan fingerprint density at radius 1 is 1.00 bits per heavy atom. The zero-order valence-corrected chi connectivity index (χ0v) is 12.8. The maximum Gasteiger partial charge on any atom is 0.258 e. The van der Waals surface area contributed by atoms with E-state index in [0.717, 1.165) is 41.5 Å². The van der Waals surface area contributed by atoms with Gasteiger partial charge >= 0.3 is 0 Å². The quantitative estimate of drug-likeness (QED) is 0.757. The lowest BCUT2D eigenvalue weighted by Gasteiger charge is -2.23. The molecule has 102 valence electrons. The van der Waals surface area contributed by atoms with E-state index in [9.17, 15) is 4.79 Å². The Balaban J connectivity index is 1.97. The van der Waals surface area contributed by atoms with E-state index in [1.165, 1.54) is 5.56 Å². The van der Waals surface area contributed by atoms with Crippen LogP contribution < -0.4 is 4.90 Å². The number of hydrogen-bond donors (Lipinski definition) is 0. The minimum Gasteiger partial charge on any atom is -0.308 e. The molecule has 0 radical (unpaired) electrons. The van der Waals surface area contributed by atoms with E-state index in [2.05, 4.69) is 28.1 Å². The van der Waals surface area contributed by atoms with Crippen molar-refractivity contribution in [2.45, 2.75) is 19.3 Å². The zero-order chi connectivity index (χ0) is 13.9. The summed E-state index contributed by atoms with van der Waals surface area (Å²) in [6.45, 7) is 0.798. The molecule has 1 aliphatic rings. The molecule has 0 unspecified atom stereocenters. The summed E-state index contributed by atoms with van der Waals surface area (Å²) in [4.78, 5) is 14.7. The Bertz CT molecular complexity index is 621. The summed E-state index contributed by atoms with van der Waals surface area (Å²) in [5, 5.41) is 0. The van der Waals surface area contributed by atoms with Crippen LogP contribution in [0.25, 0.3) is 0 Å². The number of carbonyl (C=O) groups is 1. The summed E-state index contributed by atoms with van der Waals surface area (Å²) >= 11 is 3.40. The van der Waals surface area contributed by atoms with Gasteiger partial charge in [-0.2, -0.15) is 0 Å². The molecule has 1 aliphatic heterocycles. The molecule has 0 aromatic heterocycles. The van der Waals surface area contributed by atoms with Crippen LogP contribution in [0.2, 0.25) is 0 Å². The Morgan fingerprint density at radius 2 is 1.75 bits per heavy atom. The van der Waals surface area contributed by atoms with Crippen LogP contribution in [0.3, 0.4) is 0 Å². The molecule has 2 aromatic carbocycles. The molecule has 0 saturated carbocycles. The summed E-state index contributed by atoms with van der Waals surface area (Å²) in [6.07, 6.45) is 3.25. The first-order chi connectivity index (χ1) is 9.75. The van der Waals surface area contributed by atoms with E-state index in [4.69, 9.17) is 0 Å². The van der Waals surface area contributed by atoms with Gasteiger partial charge in [0.05, 0.1) is 0 Å². The molecule has 0 bridgehead atoms. The number of hydrogen-bond acceptors (Lipinski definition) is 1. The zero-order valence-electron chi connectivity index (χ0n) is 11.2. The third-order valence-electron chi connectivity index (χ3n) is 3.70. The second-order valence-corrected chi connectivity index (χ2v) is 5.97. The van der Waals surface area contributed by atoms with Gasteiger partial charge in [-0.05, 0) is 55.2 Å². The van der Waals surface area contributed by atoms with Gasteiger partial charge in [-0.25, -0.2) is 0 Å². The summed E-state index contributed by atoms with van der Waals surface area (Å²) < 4.78 is 0.991. The Hall–Kier alpha value is -1.61. The van der Waals surface area contributed by atoms with Crippen LogP contribution in [0.1, 0.15) is 28.8 Å². The molecule has 0 aliphatic carbocycles. The molecule has 3 rings (SSSR count). The molecule has 3 heteroatoms. The van der Waals surface area contributed by atoms with Crippen LogP contribution in [-0.2, 0) is 6.42 Å². The lowest BCUT2D eigenvalue weighted by Crippen LogP contribution is -2.31. The maximum atomic E-state index is 12.7. The van der Waals surface area contributed by atoms with Crippen molar-refractivity contribution in [1.82, 2.24) is 0 Å². The van der Waals surface area contributed by atoms with E-state index < -0.39 is 0 Å². The number of anilines is 1. The topological polar surface area (TPSA) is 20.3 Å². The standard InChI is InChI=1S/C17H16BrNO/c18-15-10-8-14(9-11-15)17(20)19-12-4-3-6-13-5-1-2-7-16(13)19/h1-2,5,7-11H,3-4,6,12H2. The number of rotatable bonds is 1. The lowest BCUT2D eigenvalue weighted by atomic mass is 10.1. The summed E-state index contributed by atoms with van der Waals surface area (Å²) in [7, 11) is 0. The molecule has 0 N–H and O–H groups in total. The summed E-state index contributed by atoms with van der Waals surface area (Å²) in [6, 6.07) is 15.8. The molecule has 0 spiro atoms. The number of benzene rings is 2. The van der Waals surface area contributed by atoms with Gasteiger partial charge in [-0.15, -0.1) is 0 Å². The fourth-order valence-corrected chi connectivity index (χ4v) is 2.91. The van der Waals surface area contributed by atoms with Crippen LogP contribution >= 0.6 is 15.9 Å². The SMILES string of the molecule is O=C(c1ccc(Br)cc1)N1CCCCc2ccccc21. The Kier molecular flexibility index (Phi) is 3.88. The number of para-hydroxylation sites is 1. The fraction of sp³-hybridized carbons (Fsp3) is 0.235. The van der Waals surface area contributed by atoms with Gasteiger partial charge in [0, 0.05) is 22.3 Å². The van der Waals surface area contributed by atoms with Crippen LogP contribution in [0.15, 0.2) is 53.0 Å². The van der Waals surface area contributed by atoms with Crippen LogP contribution in [0.4, 0.5) is 5.69 Å². The van der Waals surface area contributed by atoms with Gasteiger partial charge in [0.2, 0.25) is 0 Å². The number of fused-ring (bicyclic) bond motifs is 1. The third-order valence-corrected chi connectivity index (χ3v) is 4.23.